The second-order valence-electron chi connectivity index (χ2n) is 4.76. The number of aryl methyl sites for hydroxylation is 1. The van der Waals surface area contributed by atoms with Crippen LogP contribution in [0.15, 0.2) is 42.5 Å². The van der Waals surface area contributed by atoms with Crippen molar-refractivity contribution in [3.8, 4) is 11.3 Å². The largest absolute Gasteiger partial charge is 0.295 e. The Labute approximate surface area is 111 Å². The average molecular weight is 250 g/mol. The number of hydrogen-bond acceptors (Lipinski definition) is 2. The van der Waals surface area contributed by atoms with Crippen molar-refractivity contribution in [1.29, 1.82) is 0 Å². The Balaban J connectivity index is 2.21. The van der Waals surface area contributed by atoms with Gasteiger partial charge < -0.3 is 0 Å². The summed E-state index contributed by atoms with van der Waals surface area (Å²) in [6.07, 6.45) is 0. The highest BCUT2D eigenvalue weighted by Crippen LogP contribution is 2.27. The van der Waals surface area contributed by atoms with Gasteiger partial charge in [0.2, 0.25) is 0 Å². The van der Waals surface area contributed by atoms with Crippen LogP contribution in [0.2, 0.25) is 0 Å². The minimum absolute atomic E-state index is 0.0675. The van der Waals surface area contributed by atoms with Crippen molar-refractivity contribution in [2.24, 2.45) is 0 Å². The number of carbonyl (C=O) groups excluding carboxylic acids is 1. The molecule has 0 radical (unpaired) electrons. The zero-order valence-corrected chi connectivity index (χ0v) is 10.9. The van der Waals surface area contributed by atoms with Crippen LogP contribution < -0.4 is 0 Å². The zero-order chi connectivity index (χ0) is 13.4. The summed E-state index contributed by atoms with van der Waals surface area (Å²) in [5.41, 5.74) is 4.76. The van der Waals surface area contributed by atoms with Crippen molar-refractivity contribution in [2.75, 3.05) is 0 Å². The van der Waals surface area contributed by atoms with E-state index in [4.69, 9.17) is 0 Å². The topological polar surface area (TPSA) is 45.8 Å². The molecule has 1 heterocycles. The predicted octanol–water partition coefficient (Wildman–Crippen LogP) is 3.74. The third-order valence-electron chi connectivity index (χ3n) is 3.26. The maximum Gasteiger partial charge on any atom is 0.159 e. The highest BCUT2D eigenvalue weighted by Gasteiger charge is 2.09. The number of H-pyrrole nitrogens is 1. The quantitative estimate of drug-likeness (QED) is 0.704. The van der Waals surface area contributed by atoms with Crippen LogP contribution >= 0.6 is 0 Å². The van der Waals surface area contributed by atoms with Gasteiger partial charge in [-0.15, -0.1) is 0 Å². The van der Waals surface area contributed by atoms with Crippen LogP contribution in [-0.2, 0) is 0 Å². The lowest BCUT2D eigenvalue weighted by molar-refractivity contribution is 0.101. The Hall–Kier alpha value is -2.42. The van der Waals surface area contributed by atoms with Crippen LogP contribution in [0, 0.1) is 6.92 Å². The molecule has 2 aromatic carbocycles. The van der Waals surface area contributed by atoms with Crippen molar-refractivity contribution in [2.45, 2.75) is 13.8 Å². The number of rotatable bonds is 2. The molecule has 94 valence electrons. The number of carbonyl (C=O) groups is 1. The molecule has 3 aromatic rings. The normalized spacial score (nSPS) is 10.8. The van der Waals surface area contributed by atoms with E-state index in [0.717, 1.165) is 22.2 Å². The fraction of sp³-hybridized carbons (Fsp3) is 0.125. The van der Waals surface area contributed by atoms with Crippen LogP contribution in [0.25, 0.3) is 22.2 Å². The number of aromatic nitrogens is 2. The summed E-state index contributed by atoms with van der Waals surface area (Å²) < 4.78 is 0. The molecule has 0 saturated carbocycles. The van der Waals surface area contributed by atoms with Gasteiger partial charge in [0.05, 0.1) is 11.2 Å². The fourth-order valence-electron chi connectivity index (χ4n) is 2.23. The predicted molar refractivity (Wildman–Crippen MR) is 76.3 cm³/mol. The van der Waals surface area contributed by atoms with Gasteiger partial charge in [-0.2, -0.15) is 5.10 Å². The SMILES string of the molecule is CC(=O)c1cccc(-c2n[nH]c3ccc(C)cc23)c1. The van der Waals surface area contributed by atoms with Gasteiger partial charge in [-0.05, 0) is 32.0 Å². The number of hydrogen-bond donors (Lipinski definition) is 1. The maximum atomic E-state index is 11.5. The lowest BCUT2D eigenvalue weighted by atomic mass is 10.0. The van der Waals surface area contributed by atoms with E-state index >= 15 is 0 Å². The smallest absolute Gasteiger partial charge is 0.159 e. The molecule has 0 atom stereocenters. The Bertz CT molecular complexity index is 771. The molecule has 1 aromatic heterocycles. The second kappa shape index (κ2) is 4.35. The third kappa shape index (κ3) is 2.03. The zero-order valence-electron chi connectivity index (χ0n) is 10.9. The molecule has 0 fully saturated rings. The van der Waals surface area contributed by atoms with Crippen LogP contribution in [0.3, 0.4) is 0 Å². The highest BCUT2D eigenvalue weighted by molar-refractivity contribution is 5.98. The Morgan fingerprint density at radius 1 is 1.16 bits per heavy atom. The van der Waals surface area contributed by atoms with E-state index in [1.165, 1.54) is 5.56 Å². The molecular weight excluding hydrogens is 236 g/mol. The molecule has 0 bridgehead atoms. The van der Waals surface area contributed by atoms with E-state index in [2.05, 4.69) is 29.3 Å². The van der Waals surface area contributed by atoms with Crippen LogP contribution in [0.4, 0.5) is 0 Å². The van der Waals surface area contributed by atoms with Crippen molar-refractivity contribution >= 4 is 16.7 Å². The summed E-state index contributed by atoms with van der Waals surface area (Å²) in [6, 6.07) is 13.8. The molecule has 0 amide bonds. The van der Waals surface area contributed by atoms with Gasteiger partial charge in [0.15, 0.2) is 5.78 Å². The molecule has 0 aliphatic rings. The first-order valence-corrected chi connectivity index (χ1v) is 6.21. The van der Waals surface area contributed by atoms with Gasteiger partial charge in [0.1, 0.15) is 0 Å². The maximum absolute atomic E-state index is 11.5. The third-order valence-corrected chi connectivity index (χ3v) is 3.26. The molecule has 0 saturated heterocycles. The second-order valence-corrected chi connectivity index (χ2v) is 4.76. The molecule has 3 nitrogen and oxygen atoms in total. The van der Waals surface area contributed by atoms with Gasteiger partial charge >= 0.3 is 0 Å². The minimum atomic E-state index is 0.0675. The van der Waals surface area contributed by atoms with Crippen LogP contribution in [0.1, 0.15) is 22.8 Å². The summed E-state index contributed by atoms with van der Waals surface area (Å²) in [4.78, 5) is 11.5. The van der Waals surface area contributed by atoms with E-state index in [-0.39, 0.29) is 5.78 Å². The van der Waals surface area contributed by atoms with Crippen molar-refractivity contribution < 1.29 is 4.79 Å². The molecule has 0 unspecified atom stereocenters. The molecule has 3 rings (SSSR count). The standard InChI is InChI=1S/C16H14N2O/c1-10-6-7-15-14(8-10)16(18-17-15)13-5-3-4-12(9-13)11(2)19/h3-9H,1-2H3,(H,17,18). The Morgan fingerprint density at radius 2 is 2.00 bits per heavy atom. The Kier molecular flexibility index (Phi) is 2.67. The summed E-state index contributed by atoms with van der Waals surface area (Å²) in [7, 11) is 0. The highest BCUT2D eigenvalue weighted by atomic mass is 16.1. The van der Waals surface area contributed by atoms with E-state index in [9.17, 15) is 4.79 Å². The molecular formula is C16H14N2O. The van der Waals surface area contributed by atoms with Crippen molar-refractivity contribution in [3.63, 3.8) is 0 Å². The molecule has 0 aliphatic carbocycles. The number of nitrogens with one attached hydrogen (secondary N) is 1. The van der Waals surface area contributed by atoms with E-state index in [0.29, 0.717) is 5.56 Å². The molecule has 19 heavy (non-hydrogen) atoms. The van der Waals surface area contributed by atoms with E-state index < -0.39 is 0 Å². The van der Waals surface area contributed by atoms with Gasteiger partial charge in [0.25, 0.3) is 0 Å². The molecule has 1 N–H and O–H groups in total. The number of nitrogens with zero attached hydrogens (tertiary/aromatic N) is 1. The van der Waals surface area contributed by atoms with Gasteiger partial charge in [0, 0.05) is 16.5 Å². The monoisotopic (exact) mass is 250 g/mol. The summed E-state index contributed by atoms with van der Waals surface area (Å²) in [5.74, 6) is 0.0675. The number of Topliss-reactive ketones (excluding diaryl/α,β-unsaturated/α-hetero) is 1. The minimum Gasteiger partial charge on any atom is -0.295 e. The van der Waals surface area contributed by atoms with Gasteiger partial charge in [-0.3, -0.25) is 9.89 Å². The van der Waals surface area contributed by atoms with Crippen molar-refractivity contribution in [1.82, 2.24) is 10.2 Å². The molecule has 0 spiro atoms. The van der Waals surface area contributed by atoms with Gasteiger partial charge in [-0.25, -0.2) is 0 Å². The van der Waals surface area contributed by atoms with Crippen molar-refractivity contribution in [3.05, 3.63) is 53.6 Å². The molecule has 0 aliphatic heterocycles. The first-order valence-electron chi connectivity index (χ1n) is 6.21. The number of ketones is 1. The molecule has 3 heteroatoms. The summed E-state index contributed by atoms with van der Waals surface area (Å²) in [5, 5.41) is 8.48. The lowest BCUT2D eigenvalue weighted by Crippen LogP contribution is -1.92. The van der Waals surface area contributed by atoms with E-state index in [1.807, 2.05) is 30.3 Å². The van der Waals surface area contributed by atoms with Gasteiger partial charge in [-0.1, -0.05) is 29.8 Å². The van der Waals surface area contributed by atoms with Crippen LogP contribution in [0.5, 0.6) is 0 Å². The van der Waals surface area contributed by atoms with E-state index in [1.54, 1.807) is 6.92 Å². The summed E-state index contributed by atoms with van der Waals surface area (Å²) in [6.45, 7) is 3.63. The first-order chi connectivity index (χ1) is 9.15. The lowest BCUT2D eigenvalue weighted by Gasteiger charge is -2.01. The average Bonchev–Trinajstić information content (AvgIpc) is 2.81. The number of fused-ring (bicyclic) bond motifs is 1. The first kappa shape index (κ1) is 11.7. The number of benzene rings is 2. The van der Waals surface area contributed by atoms with Crippen LogP contribution in [-0.4, -0.2) is 16.0 Å². The number of aromatic amines is 1. The Morgan fingerprint density at radius 3 is 2.79 bits per heavy atom. The fourth-order valence-corrected chi connectivity index (χ4v) is 2.23. The summed E-state index contributed by atoms with van der Waals surface area (Å²) >= 11 is 0.